The molecule has 3 aromatic carbocycles. The van der Waals surface area contributed by atoms with Crippen molar-refractivity contribution in [2.45, 2.75) is 13.5 Å². The number of anilines is 2. The van der Waals surface area contributed by atoms with Crippen LogP contribution in [0.25, 0.3) is 5.57 Å². The average molecular weight is 530 g/mol. The number of thioether (sulfide) groups is 1. The van der Waals surface area contributed by atoms with Crippen molar-refractivity contribution in [3.8, 4) is 5.75 Å². The second-order valence-electron chi connectivity index (χ2n) is 8.36. The number of nitrogens with zero attached hydrogens (tertiary/aromatic N) is 2. The number of para-hydroxylation sites is 1. The number of fused-ring (bicyclic) bond motifs is 1. The fourth-order valence-corrected chi connectivity index (χ4v) is 5.58. The van der Waals surface area contributed by atoms with E-state index in [0.29, 0.717) is 40.2 Å². The first-order valence-electron chi connectivity index (χ1n) is 11.7. The molecule has 0 spiro atoms. The van der Waals surface area contributed by atoms with E-state index in [1.165, 1.54) is 9.80 Å². The van der Waals surface area contributed by atoms with Crippen LogP contribution in [0.3, 0.4) is 0 Å². The third-order valence-electron chi connectivity index (χ3n) is 5.93. The highest BCUT2D eigenvalue weighted by Gasteiger charge is 2.42. The predicted octanol–water partition coefficient (Wildman–Crippen LogP) is 4.84. The van der Waals surface area contributed by atoms with Gasteiger partial charge in [-0.15, -0.1) is 0 Å². The zero-order valence-electron chi connectivity index (χ0n) is 20.0. The molecule has 0 saturated carbocycles. The molecule has 3 amide bonds. The monoisotopic (exact) mass is 529 g/mol. The summed E-state index contributed by atoms with van der Waals surface area (Å²) in [6.07, 6.45) is 0. The van der Waals surface area contributed by atoms with E-state index >= 15 is 0 Å². The first-order chi connectivity index (χ1) is 18.0. The Kier molecular flexibility index (Phi) is 7.07. The molecule has 0 aliphatic carbocycles. The van der Waals surface area contributed by atoms with Gasteiger partial charge in [0.1, 0.15) is 16.6 Å². The molecule has 0 unspecified atom stereocenters. The molecule has 1 fully saturated rings. The van der Waals surface area contributed by atoms with Gasteiger partial charge in [-0.1, -0.05) is 72.5 Å². The van der Waals surface area contributed by atoms with Crippen molar-refractivity contribution in [2.75, 3.05) is 23.4 Å². The van der Waals surface area contributed by atoms with Crippen LogP contribution in [0.1, 0.15) is 18.1 Å². The van der Waals surface area contributed by atoms with E-state index in [2.05, 4.69) is 5.32 Å². The average Bonchev–Trinajstić information content (AvgIpc) is 3.33. The highest BCUT2D eigenvalue weighted by atomic mass is 32.2. The molecule has 0 radical (unpaired) electrons. The van der Waals surface area contributed by atoms with E-state index in [1.54, 1.807) is 48.5 Å². The number of nitrogens with one attached hydrogen (secondary N) is 1. The maximum absolute atomic E-state index is 13.6. The van der Waals surface area contributed by atoms with Crippen LogP contribution in [0.15, 0.2) is 83.8 Å². The first kappa shape index (κ1) is 24.7. The zero-order valence-corrected chi connectivity index (χ0v) is 21.6. The second kappa shape index (κ2) is 10.6. The van der Waals surface area contributed by atoms with E-state index < -0.39 is 5.91 Å². The maximum Gasteiger partial charge on any atom is 0.267 e. The lowest BCUT2D eigenvalue weighted by Gasteiger charge is -2.17. The minimum absolute atomic E-state index is 0.198. The number of carbonyl (C=O) groups excluding carboxylic acids is 3. The maximum atomic E-state index is 13.6. The number of benzene rings is 3. The topological polar surface area (TPSA) is 79.0 Å². The van der Waals surface area contributed by atoms with Crippen LogP contribution >= 0.6 is 24.0 Å². The fraction of sp³-hybridized carbons (Fsp3) is 0.143. The number of ether oxygens (including phenoxy) is 1. The molecule has 2 heterocycles. The van der Waals surface area contributed by atoms with Gasteiger partial charge in [-0.25, -0.2) is 0 Å². The number of thiocarbonyl (C=S) groups is 1. The highest BCUT2D eigenvalue weighted by molar-refractivity contribution is 8.26. The van der Waals surface area contributed by atoms with E-state index in [-0.39, 0.29) is 28.8 Å². The second-order valence-corrected chi connectivity index (χ2v) is 10.0. The fourth-order valence-electron chi connectivity index (χ4n) is 4.25. The van der Waals surface area contributed by atoms with Gasteiger partial charge in [0.05, 0.1) is 29.3 Å². The van der Waals surface area contributed by atoms with Crippen LogP contribution < -0.4 is 15.0 Å². The Hall–Kier alpha value is -3.95. The molecule has 186 valence electrons. The normalized spacial score (nSPS) is 16.8. The number of hydrogen-bond acceptors (Lipinski definition) is 6. The summed E-state index contributed by atoms with van der Waals surface area (Å²) < 4.78 is 5.83. The third kappa shape index (κ3) is 5.00. The molecular formula is C28H23N3O4S2. The molecule has 0 bridgehead atoms. The van der Waals surface area contributed by atoms with Gasteiger partial charge in [0.15, 0.2) is 0 Å². The molecule has 3 aromatic rings. The summed E-state index contributed by atoms with van der Waals surface area (Å²) in [5.74, 6) is -0.357. The van der Waals surface area contributed by atoms with Crippen LogP contribution in [0, 0.1) is 0 Å². The van der Waals surface area contributed by atoms with Crippen molar-refractivity contribution >= 4 is 63.0 Å². The Balaban J connectivity index is 1.38. The summed E-state index contributed by atoms with van der Waals surface area (Å²) in [6, 6.07) is 23.7. The van der Waals surface area contributed by atoms with E-state index in [1.807, 2.05) is 37.3 Å². The molecule has 5 rings (SSSR count). The Labute approximate surface area is 224 Å². The largest absolute Gasteiger partial charge is 0.494 e. The van der Waals surface area contributed by atoms with Crippen LogP contribution in [0.5, 0.6) is 5.75 Å². The molecule has 37 heavy (non-hydrogen) atoms. The molecule has 2 aliphatic rings. The van der Waals surface area contributed by atoms with E-state index in [0.717, 1.165) is 17.3 Å². The molecule has 0 aromatic heterocycles. The Morgan fingerprint density at radius 3 is 2.35 bits per heavy atom. The zero-order chi connectivity index (χ0) is 25.9. The molecule has 1 saturated heterocycles. The van der Waals surface area contributed by atoms with Crippen LogP contribution in [-0.4, -0.2) is 40.1 Å². The van der Waals surface area contributed by atoms with Crippen molar-refractivity contribution in [3.05, 3.63) is 94.9 Å². The van der Waals surface area contributed by atoms with E-state index in [4.69, 9.17) is 17.0 Å². The molecular weight excluding hydrogens is 506 g/mol. The van der Waals surface area contributed by atoms with Gasteiger partial charge in [0, 0.05) is 11.3 Å². The van der Waals surface area contributed by atoms with Gasteiger partial charge < -0.3 is 10.1 Å². The van der Waals surface area contributed by atoms with Gasteiger partial charge in [0.2, 0.25) is 5.91 Å². The van der Waals surface area contributed by atoms with Crippen molar-refractivity contribution in [3.63, 3.8) is 0 Å². The Bertz CT molecular complexity index is 1420. The quantitative estimate of drug-likeness (QED) is 0.349. The van der Waals surface area contributed by atoms with Crippen molar-refractivity contribution in [1.82, 2.24) is 4.90 Å². The molecule has 9 heteroatoms. The van der Waals surface area contributed by atoms with Crippen molar-refractivity contribution in [1.29, 1.82) is 0 Å². The van der Waals surface area contributed by atoms with Crippen LogP contribution in [-0.2, 0) is 20.9 Å². The van der Waals surface area contributed by atoms with Crippen molar-refractivity contribution < 1.29 is 19.1 Å². The lowest BCUT2D eigenvalue weighted by Crippen LogP contribution is -2.35. The van der Waals surface area contributed by atoms with Gasteiger partial charge >= 0.3 is 0 Å². The lowest BCUT2D eigenvalue weighted by atomic mass is 10.1. The van der Waals surface area contributed by atoms with Crippen LogP contribution in [0.4, 0.5) is 11.4 Å². The van der Waals surface area contributed by atoms with E-state index in [9.17, 15) is 14.4 Å². The highest BCUT2D eigenvalue weighted by Crippen LogP contribution is 2.44. The van der Waals surface area contributed by atoms with Crippen LogP contribution in [0.2, 0.25) is 0 Å². The summed E-state index contributed by atoms with van der Waals surface area (Å²) in [4.78, 5) is 43.1. The smallest absolute Gasteiger partial charge is 0.267 e. The number of amides is 3. The number of carbonyl (C=O) groups is 3. The van der Waals surface area contributed by atoms with Gasteiger partial charge in [-0.05, 0) is 42.8 Å². The molecule has 0 atom stereocenters. The summed E-state index contributed by atoms with van der Waals surface area (Å²) in [6.45, 7) is 2.58. The summed E-state index contributed by atoms with van der Waals surface area (Å²) in [5.41, 5.74) is 3.00. The first-order valence-corrected chi connectivity index (χ1v) is 12.9. The standard InChI is InChI=1S/C28H23N3O4S2/c1-2-35-20-14-12-19(13-15-20)29-23(32)17-30-22-11-7-6-10-21(22)24(26(30)33)25-27(34)31(28(36)37-25)16-18-8-4-3-5-9-18/h3-15H,2,16-17H2,1H3,(H,29,32)/b25-24-. The van der Waals surface area contributed by atoms with Crippen molar-refractivity contribution in [2.24, 2.45) is 0 Å². The van der Waals surface area contributed by atoms with Gasteiger partial charge in [0.25, 0.3) is 11.8 Å². The van der Waals surface area contributed by atoms with Gasteiger partial charge in [-0.2, -0.15) is 0 Å². The minimum atomic E-state index is -0.400. The van der Waals surface area contributed by atoms with Gasteiger partial charge in [-0.3, -0.25) is 24.2 Å². The minimum Gasteiger partial charge on any atom is -0.494 e. The molecule has 1 N–H and O–H groups in total. The number of rotatable bonds is 7. The summed E-state index contributed by atoms with van der Waals surface area (Å²) in [7, 11) is 0. The lowest BCUT2D eigenvalue weighted by molar-refractivity contribution is -0.122. The molecule has 7 nitrogen and oxygen atoms in total. The predicted molar refractivity (Wildman–Crippen MR) is 149 cm³/mol. The summed E-state index contributed by atoms with van der Waals surface area (Å²) >= 11 is 6.62. The Morgan fingerprint density at radius 2 is 1.62 bits per heavy atom. The Morgan fingerprint density at radius 1 is 0.919 bits per heavy atom. The SMILES string of the molecule is CCOc1ccc(NC(=O)CN2C(=O)/C(=C3\SC(=S)N(Cc4ccccc4)C3=O)c3ccccc32)cc1. The number of hydrogen-bond donors (Lipinski definition) is 1. The summed E-state index contributed by atoms with van der Waals surface area (Å²) in [5, 5.41) is 2.82. The third-order valence-corrected chi connectivity index (χ3v) is 7.38. The molecule has 2 aliphatic heterocycles.